The van der Waals surface area contributed by atoms with Crippen LogP contribution in [0, 0.1) is 0 Å². The molecule has 94 valence electrons. The number of carbonyl (C=O) groups excluding carboxylic acids is 1. The minimum absolute atomic E-state index is 0.297. The smallest absolute Gasteiger partial charge is 0.347 e. The summed E-state index contributed by atoms with van der Waals surface area (Å²) in [4.78, 5) is 11.6. The average Bonchev–Trinajstić information content (AvgIpc) is 2.37. The molecular formula is C14H20O3. The number of carbonyl (C=O) groups is 1. The molecule has 1 aromatic rings. The molecule has 3 nitrogen and oxygen atoms in total. The Kier molecular flexibility index (Phi) is 5.53. The van der Waals surface area contributed by atoms with Gasteiger partial charge < -0.3 is 9.47 Å². The van der Waals surface area contributed by atoms with Crippen molar-refractivity contribution in [1.82, 2.24) is 0 Å². The Hall–Kier alpha value is -1.51. The van der Waals surface area contributed by atoms with Gasteiger partial charge in [-0.25, -0.2) is 4.79 Å². The molecule has 0 aliphatic carbocycles. The van der Waals surface area contributed by atoms with Crippen LogP contribution in [-0.2, 0) is 16.0 Å². The van der Waals surface area contributed by atoms with Crippen LogP contribution >= 0.6 is 0 Å². The van der Waals surface area contributed by atoms with Crippen LogP contribution in [0.5, 0.6) is 5.75 Å². The van der Waals surface area contributed by atoms with Gasteiger partial charge in [0.2, 0.25) is 0 Å². The van der Waals surface area contributed by atoms with E-state index in [1.54, 1.807) is 6.92 Å². The summed E-state index contributed by atoms with van der Waals surface area (Å²) in [6, 6.07) is 7.79. The predicted octanol–water partition coefficient (Wildman–Crippen LogP) is 2.97. The SMILES string of the molecule is CCOC(=O)C(CC)Oc1ccc(CC)cc1. The van der Waals surface area contributed by atoms with Gasteiger partial charge in [-0.05, 0) is 37.5 Å². The average molecular weight is 236 g/mol. The molecule has 0 fully saturated rings. The highest BCUT2D eigenvalue weighted by Gasteiger charge is 2.19. The van der Waals surface area contributed by atoms with E-state index in [2.05, 4.69) is 6.92 Å². The van der Waals surface area contributed by atoms with Gasteiger partial charge in [0.1, 0.15) is 5.75 Å². The fourth-order valence-electron chi connectivity index (χ4n) is 1.50. The van der Waals surface area contributed by atoms with Crippen molar-refractivity contribution in [2.24, 2.45) is 0 Å². The minimum Gasteiger partial charge on any atom is -0.479 e. The third kappa shape index (κ3) is 4.10. The summed E-state index contributed by atoms with van der Waals surface area (Å²) in [5.74, 6) is 0.414. The zero-order valence-corrected chi connectivity index (χ0v) is 10.7. The van der Waals surface area contributed by atoms with Gasteiger partial charge in [-0.15, -0.1) is 0 Å². The van der Waals surface area contributed by atoms with E-state index >= 15 is 0 Å². The van der Waals surface area contributed by atoms with Gasteiger partial charge in [-0.3, -0.25) is 0 Å². The van der Waals surface area contributed by atoms with Gasteiger partial charge in [-0.2, -0.15) is 0 Å². The van der Waals surface area contributed by atoms with Gasteiger partial charge >= 0.3 is 5.97 Å². The summed E-state index contributed by atoms with van der Waals surface area (Å²) in [5.41, 5.74) is 1.25. The van der Waals surface area contributed by atoms with Crippen molar-refractivity contribution in [1.29, 1.82) is 0 Å². The molecule has 0 N–H and O–H groups in total. The third-order valence-electron chi connectivity index (χ3n) is 2.53. The Morgan fingerprint density at radius 2 is 1.82 bits per heavy atom. The molecule has 1 unspecified atom stereocenters. The third-order valence-corrected chi connectivity index (χ3v) is 2.53. The van der Waals surface area contributed by atoms with Crippen molar-refractivity contribution >= 4 is 5.97 Å². The first-order valence-corrected chi connectivity index (χ1v) is 6.13. The van der Waals surface area contributed by atoms with Crippen LogP contribution in [0.2, 0.25) is 0 Å². The second-order valence-electron chi connectivity index (χ2n) is 3.76. The summed E-state index contributed by atoms with van der Waals surface area (Å²) in [6.07, 6.45) is 1.09. The molecule has 0 aliphatic heterocycles. The maximum Gasteiger partial charge on any atom is 0.347 e. The Labute approximate surface area is 103 Å². The van der Waals surface area contributed by atoms with E-state index < -0.39 is 6.10 Å². The van der Waals surface area contributed by atoms with Crippen molar-refractivity contribution < 1.29 is 14.3 Å². The number of rotatable bonds is 6. The molecule has 1 atom stereocenters. The van der Waals surface area contributed by atoms with Crippen molar-refractivity contribution in [2.45, 2.75) is 39.7 Å². The monoisotopic (exact) mass is 236 g/mol. The Morgan fingerprint density at radius 3 is 2.29 bits per heavy atom. The molecule has 0 spiro atoms. The molecule has 0 heterocycles. The van der Waals surface area contributed by atoms with E-state index in [1.165, 1.54) is 5.56 Å². The highest BCUT2D eigenvalue weighted by molar-refractivity contribution is 5.75. The lowest BCUT2D eigenvalue weighted by Crippen LogP contribution is -2.28. The van der Waals surface area contributed by atoms with E-state index in [0.29, 0.717) is 18.8 Å². The molecule has 0 aliphatic rings. The summed E-state index contributed by atoms with van der Waals surface area (Å²) in [7, 11) is 0. The Bertz CT molecular complexity index is 343. The van der Waals surface area contributed by atoms with E-state index in [-0.39, 0.29) is 5.97 Å². The quantitative estimate of drug-likeness (QED) is 0.712. The largest absolute Gasteiger partial charge is 0.479 e. The van der Waals surface area contributed by atoms with Gasteiger partial charge in [-0.1, -0.05) is 26.0 Å². The maximum absolute atomic E-state index is 11.6. The second-order valence-corrected chi connectivity index (χ2v) is 3.76. The van der Waals surface area contributed by atoms with E-state index in [4.69, 9.17) is 9.47 Å². The van der Waals surface area contributed by atoms with Crippen LogP contribution in [0.15, 0.2) is 24.3 Å². The minimum atomic E-state index is -0.512. The van der Waals surface area contributed by atoms with Crippen LogP contribution in [0.1, 0.15) is 32.8 Å². The number of aryl methyl sites for hydroxylation is 1. The molecule has 0 saturated carbocycles. The van der Waals surface area contributed by atoms with E-state index in [0.717, 1.165) is 6.42 Å². The fourth-order valence-corrected chi connectivity index (χ4v) is 1.50. The number of ether oxygens (including phenoxy) is 2. The van der Waals surface area contributed by atoms with Gasteiger partial charge in [0, 0.05) is 0 Å². The first-order valence-electron chi connectivity index (χ1n) is 6.13. The van der Waals surface area contributed by atoms with Crippen molar-refractivity contribution in [3.63, 3.8) is 0 Å². The number of esters is 1. The standard InChI is InChI=1S/C14H20O3/c1-4-11-7-9-12(10-8-11)17-13(5-2)14(15)16-6-3/h7-10,13H,4-6H2,1-3H3. The summed E-state index contributed by atoms with van der Waals surface area (Å²) < 4.78 is 10.6. The van der Waals surface area contributed by atoms with Gasteiger partial charge in [0.05, 0.1) is 6.61 Å². The first kappa shape index (κ1) is 13.6. The number of benzene rings is 1. The molecule has 0 bridgehead atoms. The number of hydrogen-bond acceptors (Lipinski definition) is 3. The molecule has 17 heavy (non-hydrogen) atoms. The Morgan fingerprint density at radius 1 is 1.18 bits per heavy atom. The van der Waals surface area contributed by atoms with Crippen molar-refractivity contribution in [3.05, 3.63) is 29.8 Å². The summed E-state index contributed by atoms with van der Waals surface area (Å²) in [6.45, 7) is 6.18. The zero-order chi connectivity index (χ0) is 12.7. The van der Waals surface area contributed by atoms with Gasteiger partial charge in [0.15, 0.2) is 6.10 Å². The van der Waals surface area contributed by atoms with Crippen molar-refractivity contribution in [3.8, 4) is 5.75 Å². The van der Waals surface area contributed by atoms with Crippen LogP contribution in [0.3, 0.4) is 0 Å². The molecule has 0 radical (unpaired) electrons. The fraction of sp³-hybridized carbons (Fsp3) is 0.500. The highest BCUT2D eigenvalue weighted by Crippen LogP contribution is 2.15. The van der Waals surface area contributed by atoms with E-state index in [9.17, 15) is 4.79 Å². The lowest BCUT2D eigenvalue weighted by Gasteiger charge is -2.16. The topological polar surface area (TPSA) is 35.5 Å². The van der Waals surface area contributed by atoms with Crippen LogP contribution in [-0.4, -0.2) is 18.7 Å². The molecule has 0 saturated heterocycles. The van der Waals surface area contributed by atoms with Crippen LogP contribution in [0.25, 0.3) is 0 Å². The number of hydrogen-bond donors (Lipinski definition) is 0. The molecule has 0 amide bonds. The molecule has 0 aromatic heterocycles. The van der Waals surface area contributed by atoms with Crippen LogP contribution in [0.4, 0.5) is 0 Å². The summed E-state index contributed by atoms with van der Waals surface area (Å²) in [5, 5.41) is 0. The maximum atomic E-state index is 11.6. The molecule has 1 rings (SSSR count). The van der Waals surface area contributed by atoms with Gasteiger partial charge in [0.25, 0.3) is 0 Å². The predicted molar refractivity (Wildman–Crippen MR) is 67.2 cm³/mol. The lowest BCUT2D eigenvalue weighted by molar-refractivity contribution is -0.151. The molecule has 1 aromatic carbocycles. The highest BCUT2D eigenvalue weighted by atomic mass is 16.6. The second kappa shape index (κ2) is 6.94. The molecular weight excluding hydrogens is 216 g/mol. The lowest BCUT2D eigenvalue weighted by atomic mass is 10.2. The zero-order valence-electron chi connectivity index (χ0n) is 10.7. The Balaban J connectivity index is 2.63. The first-order chi connectivity index (χ1) is 8.21. The van der Waals surface area contributed by atoms with Crippen molar-refractivity contribution in [2.75, 3.05) is 6.61 Å². The summed E-state index contributed by atoms with van der Waals surface area (Å²) >= 11 is 0. The van der Waals surface area contributed by atoms with Crippen LogP contribution < -0.4 is 4.74 Å². The van der Waals surface area contributed by atoms with E-state index in [1.807, 2.05) is 31.2 Å². The normalized spacial score (nSPS) is 11.9. The molecule has 3 heteroatoms.